The number of aryl methyl sites for hydroxylation is 1. The highest BCUT2D eigenvalue weighted by molar-refractivity contribution is 6.00. The first kappa shape index (κ1) is 22.3. The minimum Gasteiger partial charge on any atom is -0.508 e. The molecule has 0 aromatic heterocycles. The van der Waals surface area contributed by atoms with E-state index in [9.17, 15) is 19.1 Å². The van der Waals surface area contributed by atoms with Crippen LogP contribution in [0, 0.1) is 12.7 Å². The third kappa shape index (κ3) is 9.25. The number of rotatable bonds is 4. The molecule has 0 fully saturated rings. The molecule has 25 heavy (non-hydrogen) atoms. The Hall–Kier alpha value is -2.69. The third-order valence-electron chi connectivity index (χ3n) is 3.00. The fraction of sp³-hybridized carbons (Fsp3) is 0.300. The van der Waals surface area contributed by atoms with Crippen molar-refractivity contribution in [1.29, 1.82) is 0 Å². The van der Waals surface area contributed by atoms with Crippen LogP contribution in [0.5, 0.6) is 11.5 Å². The van der Waals surface area contributed by atoms with Crippen LogP contribution in [0.1, 0.15) is 49.5 Å². The topological polar surface area (TPSA) is 74.6 Å². The molecule has 2 aromatic carbocycles. The van der Waals surface area contributed by atoms with Crippen LogP contribution in [0.15, 0.2) is 42.5 Å². The zero-order valence-corrected chi connectivity index (χ0v) is 15.0. The summed E-state index contributed by atoms with van der Waals surface area (Å²) in [5, 5.41) is 18.5. The maximum absolute atomic E-state index is 12.1. The molecule has 2 aromatic rings. The second kappa shape index (κ2) is 11.8. The second-order valence-corrected chi connectivity index (χ2v) is 5.12. The van der Waals surface area contributed by atoms with E-state index in [0.29, 0.717) is 0 Å². The number of aromatic hydroxyl groups is 2. The zero-order valence-electron chi connectivity index (χ0n) is 15.0. The van der Waals surface area contributed by atoms with E-state index in [0.717, 1.165) is 5.56 Å². The first-order chi connectivity index (χ1) is 11.8. The number of carbonyl (C=O) groups excluding carboxylic acids is 2. The minimum absolute atomic E-state index is 0.0480. The number of benzene rings is 2. The van der Waals surface area contributed by atoms with Gasteiger partial charge in [-0.15, -0.1) is 0 Å². The van der Waals surface area contributed by atoms with Gasteiger partial charge in [0.25, 0.3) is 0 Å². The third-order valence-corrected chi connectivity index (χ3v) is 3.00. The summed E-state index contributed by atoms with van der Waals surface area (Å²) in [4.78, 5) is 22.2. The normalized spacial score (nSPS) is 9.16. The average molecular weight is 348 g/mol. The van der Waals surface area contributed by atoms with Crippen molar-refractivity contribution in [3.05, 3.63) is 59.4 Å². The molecule has 0 aliphatic heterocycles. The number of carbonyl (C=O) groups is 2. The molecule has 0 bridgehead atoms. The monoisotopic (exact) mass is 348 g/mol. The van der Waals surface area contributed by atoms with Gasteiger partial charge in [-0.2, -0.15) is 0 Å². The van der Waals surface area contributed by atoms with E-state index in [1.54, 1.807) is 12.1 Å². The summed E-state index contributed by atoms with van der Waals surface area (Å²) in [6, 6.07) is 10.1. The van der Waals surface area contributed by atoms with E-state index in [1.165, 1.54) is 37.3 Å². The Morgan fingerprint density at radius 2 is 1.52 bits per heavy atom. The lowest BCUT2D eigenvalue weighted by molar-refractivity contribution is -0.116. The van der Waals surface area contributed by atoms with Gasteiger partial charge in [-0.25, -0.2) is 4.39 Å². The maximum Gasteiger partial charge on any atom is 0.167 e. The lowest BCUT2D eigenvalue weighted by Crippen LogP contribution is -2.02. The molecule has 0 aliphatic rings. The van der Waals surface area contributed by atoms with Gasteiger partial charge < -0.3 is 15.0 Å². The summed E-state index contributed by atoms with van der Waals surface area (Å²) in [6.07, 6.45) is 0.195. The molecule has 0 heterocycles. The smallest absolute Gasteiger partial charge is 0.167 e. The van der Waals surface area contributed by atoms with Crippen molar-refractivity contribution in [3.8, 4) is 11.5 Å². The van der Waals surface area contributed by atoms with Gasteiger partial charge in [0.15, 0.2) is 5.78 Å². The number of ketones is 2. The van der Waals surface area contributed by atoms with Gasteiger partial charge >= 0.3 is 0 Å². The molecule has 0 saturated carbocycles. The van der Waals surface area contributed by atoms with Crippen molar-refractivity contribution in [2.24, 2.45) is 0 Å². The van der Waals surface area contributed by atoms with Crippen LogP contribution >= 0.6 is 0 Å². The largest absolute Gasteiger partial charge is 0.508 e. The van der Waals surface area contributed by atoms with E-state index in [2.05, 4.69) is 0 Å². The Morgan fingerprint density at radius 1 is 0.960 bits per heavy atom. The summed E-state index contributed by atoms with van der Waals surface area (Å²) >= 11 is 0. The Morgan fingerprint density at radius 3 is 2.00 bits per heavy atom. The highest BCUT2D eigenvalue weighted by Crippen LogP contribution is 2.23. The van der Waals surface area contributed by atoms with E-state index >= 15 is 0 Å². The Labute approximate surface area is 147 Å². The highest BCUT2D eigenvalue weighted by Gasteiger charge is 2.12. The van der Waals surface area contributed by atoms with Crippen LogP contribution in [-0.2, 0) is 4.79 Å². The predicted octanol–water partition coefficient (Wildman–Crippen LogP) is 4.81. The van der Waals surface area contributed by atoms with Crippen LogP contribution in [0.4, 0.5) is 4.39 Å². The Kier molecular flexibility index (Phi) is 10.5. The van der Waals surface area contributed by atoms with Gasteiger partial charge in [0.2, 0.25) is 0 Å². The van der Waals surface area contributed by atoms with Crippen LogP contribution < -0.4 is 0 Å². The number of Topliss-reactive ketones (excluding diaryl/α,β-unsaturated/α-hetero) is 2. The van der Waals surface area contributed by atoms with Crippen molar-refractivity contribution >= 4 is 11.6 Å². The van der Waals surface area contributed by atoms with E-state index < -0.39 is 0 Å². The van der Waals surface area contributed by atoms with Crippen molar-refractivity contribution in [2.75, 3.05) is 0 Å². The summed E-state index contributed by atoms with van der Waals surface area (Å²) in [5.74, 6) is -0.863. The quantitative estimate of drug-likeness (QED) is 0.614. The summed E-state index contributed by atoms with van der Waals surface area (Å²) in [5.41, 5.74) is 1.14. The molecule has 2 rings (SSSR count). The van der Waals surface area contributed by atoms with Crippen LogP contribution in [0.25, 0.3) is 0 Å². The van der Waals surface area contributed by atoms with Crippen LogP contribution in [-0.4, -0.2) is 21.8 Å². The Balaban J connectivity index is 0.000000483. The molecule has 0 radical (unpaired) electrons. The first-order valence-corrected chi connectivity index (χ1v) is 8.06. The number of halogens is 1. The number of phenolic OH excluding ortho intramolecular Hbond substituents is 2. The number of phenols is 2. The molecule has 2 N–H and O–H groups in total. The van der Waals surface area contributed by atoms with E-state index in [-0.39, 0.29) is 47.3 Å². The van der Waals surface area contributed by atoms with Gasteiger partial charge in [0, 0.05) is 12.8 Å². The molecule has 0 atom stereocenters. The first-order valence-electron chi connectivity index (χ1n) is 8.06. The van der Waals surface area contributed by atoms with Crippen molar-refractivity contribution in [1.82, 2.24) is 0 Å². The lowest BCUT2D eigenvalue weighted by Gasteiger charge is -2.03. The molecule has 4 nitrogen and oxygen atoms in total. The van der Waals surface area contributed by atoms with Crippen molar-refractivity contribution in [2.45, 2.75) is 40.5 Å². The molecule has 0 aliphatic carbocycles. The van der Waals surface area contributed by atoms with Crippen LogP contribution in [0.2, 0.25) is 0 Å². The predicted molar refractivity (Wildman–Crippen MR) is 96.5 cm³/mol. The standard InChI is InChI=1S/C11H12O4.C7H7F.C2H6/c1-7(12)2-4-10(14)9-6-8(13)3-5-11(9)15;1-6-2-4-7(8)5-3-6;1-2/h3,5-6,13,15H,2,4H2,1H3;2-5H,1H3;1-2H3. The van der Waals surface area contributed by atoms with Gasteiger partial charge in [0.05, 0.1) is 5.56 Å². The highest BCUT2D eigenvalue weighted by atomic mass is 19.1. The molecule has 0 unspecified atom stereocenters. The van der Waals surface area contributed by atoms with Crippen molar-refractivity contribution < 1.29 is 24.2 Å². The van der Waals surface area contributed by atoms with Gasteiger partial charge in [0.1, 0.15) is 23.1 Å². The van der Waals surface area contributed by atoms with Crippen molar-refractivity contribution in [3.63, 3.8) is 0 Å². The van der Waals surface area contributed by atoms with Crippen LogP contribution in [0.3, 0.4) is 0 Å². The fourth-order valence-electron chi connectivity index (χ4n) is 1.70. The molecule has 0 amide bonds. The minimum atomic E-state index is -0.349. The fourth-order valence-corrected chi connectivity index (χ4v) is 1.70. The molecular weight excluding hydrogens is 323 g/mol. The summed E-state index contributed by atoms with van der Waals surface area (Å²) in [6.45, 7) is 7.33. The SMILES string of the molecule is CC.CC(=O)CCC(=O)c1cc(O)ccc1O.Cc1ccc(F)cc1. The molecule has 0 saturated heterocycles. The van der Waals surface area contributed by atoms with E-state index in [4.69, 9.17) is 5.11 Å². The van der Waals surface area contributed by atoms with Gasteiger partial charge in [-0.3, -0.25) is 4.79 Å². The average Bonchev–Trinajstić information content (AvgIpc) is 2.60. The summed E-state index contributed by atoms with van der Waals surface area (Å²) < 4.78 is 12.1. The molecule has 5 heteroatoms. The second-order valence-electron chi connectivity index (χ2n) is 5.12. The molecular formula is C20H25FO4. The molecule has 0 spiro atoms. The Bertz CT molecular complexity index is 658. The number of hydrogen-bond donors (Lipinski definition) is 2. The summed E-state index contributed by atoms with van der Waals surface area (Å²) in [7, 11) is 0. The van der Waals surface area contributed by atoms with Gasteiger partial charge in [-0.05, 0) is 44.2 Å². The van der Waals surface area contributed by atoms with E-state index in [1.807, 2.05) is 20.8 Å². The lowest BCUT2D eigenvalue weighted by atomic mass is 10.0. The maximum atomic E-state index is 12.1. The van der Waals surface area contributed by atoms with Gasteiger partial charge in [-0.1, -0.05) is 31.5 Å². The zero-order chi connectivity index (χ0) is 19.4. The molecule has 136 valence electrons. The number of hydrogen-bond acceptors (Lipinski definition) is 4.